The topological polar surface area (TPSA) is 36.9 Å². The van der Waals surface area contributed by atoms with Gasteiger partial charge in [0.1, 0.15) is 0 Å². The summed E-state index contributed by atoms with van der Waals surface area (Å²) < 4.78 is 21.5. The molecule has 0 heterocycles. The quantitative estimate of drug-likeness (QED) is 0.506. The molecule has 4 nitrogen and oxygen atoms in total. The molecular weight excluding hydrogens is 352 g/mol. The van der Waals surface area contributed by atoms with Gasteiger partial charge in [0.25, 0.3) is 0 Å². The van der Waals surface area contributed by atoms with Crippen molar-refractivity contribution >= 4 is 12.2 Å². The normalized spacial score (nSPS) is 10.7. The smallest absolute Gasteiger partial charge is 0.161 e. The molecule has 28 heavy (non-hydrogen) atoms. The van der Waals surface area contributed by atoms with Crippen molar-refractivity contribution in [2.24, 2.45) is 0 Å². The van der Waals surface area contributed by atoms with Crippen LogP contribution < -0.4 is 18.9 Å². The maximum absolute atomic E-state index is 5.45. The Labute approximate surface area is 165 Å². The fraction of sp³-hybridized carbons (Fsp3) is 0.167. The van der Waals surface area contributed by atoms with Gasteiger partial charge in [-0.25, -0.2) is 0 Å². The number of hydrogen-bond donors (Lipinski definition) is 0. The molecule has 3 rings (SSSR count). The van der Waals surface area contributed by atoms with E-state index < -0.39 is 0 Å². The van der Waals surface area contributed by atoms with Crippen molar-refractivity contribution < 1.29 is 18.9 Å². The third kappa shape index (κ3) is 4.12. The summed E-state index contributed by atoms with van der Waals surface area (Å²) in [6, 6.07) is 20.0. The maximum atomic E-state index is 5.45. The van der Waals surface area contributed by atoms with Crippen LogP contribution in [0.4, 0.5) is 0 Å². The summed E-state index contributed by atoms with van der Waals surface area (Å²) in [6.07, 6.45) is 4.15. The molecule has 0 bridgehead atoms. The van der Waals surface area contributed by atoms with Crippen LogP contribution in [0, 0.1) is 0 Å². The lowest BCUT2D eigenvalue weighted by atomic mass is 9.98. The summed E-state index contributed by atoms with van der Waals surface area (Å²) in [5.41, 5.74) is 4.30. The molecule has 0 atom stereocenters. The number of rotatable bonds is 7. The molecule has 0 spiro atoms. The zero-order valence-electron chi connectivity index (χ0n) is 16.6. The molecule has 4 heteroatoms. The van der Waals surface area contributed by atoms with E-state index in [1.54, 1.807) is 28.4 Å². The fourth-order valence-electron chi connectivity index (χ4n) is 3.05. The summed E-state index contributed by atoms with van der Waals surface area (Å²) in [4.78, 5) is 0. The molecule has 0 radical (unpaired) electrons. The van der Waals surface area contributed by atoms with Gasteiger partial charge in [0.05, 0.1) is 28.4 Å². The lowest BCUT2D eigenvalue weighted by Gasteiger charge is -2.11. The van der Waals surface area contributed by atoms with Crippen LogP contribution in [0.15, 0.2) is 60.7 Å². The van der Waals surface area contributed by atoms with Gasteiger partial charge in [-0.15, -0.1) is 0 Å². The Morgan fingerprint density at radius 1 is 0.571 bits per heavy atom. The van der Waals surface area contributed by atoms with Crippen LogP contribution in [-0.2, 0) is 0 Å². The lowest BCUT2D eigenvalue weighted by molar-refractivity contribution is 0.355. The minimum absolute atomic E-state index is 0.706. The highest BCUT2D eigenvalue weighted by Gasteiger charge is 2.08. The van der Waals surface area contributed by atoms with E-state index in [0.29, 0.717) is 23.0 Å². The maximum Gasteiger partial charge on any atom is 0.161 e. The molecule has 0 N–H and O–H groups in total. The van der Waals surface area contributed by atoms with Crippen LogP contribution in [0.2, 0.25) is 0 Å². The molecule has 144 valence electrons. The molecule has 0 unspecified atom stereocenters. The monoisotopic (exact) mass is 376 g/mol. The van der Waals surface area contributed by atoms with Crippen molar-refractivity contribution in [2.45, 2.75) is 0 Å². The summed E-state index contributed by atoms with van der Waals surface area (Å²) in [6.45, 7) is 0. The van der Waals surface area contributed by atoms with Crippen LogP contribution in [0.3, 0.4) is 0 Å². The molecular formula is C24H24O4. The predicted molar refractivity (Wildman–Crippen MR) is 113 cm³/mol. The van der Waals surface area contributed by atoms with E-state index in [0.717, 1.165) is 22.3 Å². The van der Waals surface area contributed by atoms with Crippen molar-refractivity contribution in [1.82, 2.24) is 0 Å². The highest BCUT2D eigenvalue weighted by atomic mass is 16.5. The first kappa shape index (κ1) is 19.4. The lowest BCUT2D eigenvalue weighted by Crippen LogP contribution is -1.91. The first-order chi connectivity index (χ1) is 13.7. The molecule has 0 aliphatic rings. The predicted octanol–water partition coefficient (Wildman–Crippen LogP) is 5.56. The third-order valence-electron chi connectivity index (χ3n) is 4.52. The summed E-state index contributed by atoms with van der Waals surface area (Å²) in [5, 5.41) is 0. The summed E-state index contributed by atoms with van der Waals surface area (Å²) in [7, 11) is 6.55. The van der Waals surface area contributed by atoms with Crippen LogP contribution in [0.1, 0.15) is 11.1 Å². The van der Waals surface area contributed by atoms with E-state index in [4.69, 9.17) is 18.9 Å². The van der Waals surface area contributed by atoms with Gasteiger partial charge < -0.3 is 18.9 Å². The minimum atomic E-state index is 0.706. The average Bonchev–Trinajstić information content (AvgIpc) is 2.77. The second kappa shape index (κ2) is 9.00. The van der Waals surface area contributed by atoms with E-state index in [1.165, 1.54) is 0 Å². The van der Waals surface area contributed by atoms with Crippen molar-refractivity contribution in [3.63, 3.8) is 0 Å². The Kier molecular flexibility index (Phi) is 6.22. The third-order valence-corrected chi connectivity index (χ3v) is 4.52. The summed E-state index contributed by atoms with van der Waals surface area (Å²) >= 11 is 0. The van der Waals surface area contributed by atoms with Crippen molar-refractivity contribution in [3.05, 3.63) is 71.8 Å². The second-order valence-corrected chi connectivity index (χ2v) is 6.10. The Bertz CT molecular complexity index is 976. The van der Waals surface area contributed by atoms with Gasteiger partial charge in [0, 0.05) is 0 Å². The van der Waals surface area contributed by atoms with Crippen LogP contribution in [0.5, 0.6) is 23.0 Å². The van der Waals surface area contributed by atoms with Gasteiger partial charge >= 0.3 is 0 Å². The van der Waals surface area contributed by atoms with E-state index in [9.17, 15) is 0 Å². The van der Waals surface area contributed by atoms with Gasteiger partial charge in [-0.1, -0.05) is 48.6 Å². The van der Waals surface area contributed by atoms with Crippen LogP contribution in [0.25, 0.3) is 23.3 Å². The standard InChI is InChI=1S/C24H24O4/c1-25-21-13-10-17(15-23(21)27-3)9-11-18-7-5-6-8-20(18)19-12-14-22(26-2)24(16-19)28-4/h5-16H,1-4H3. The van der Waals surface area contributed by atoms with Crippen molar-refractivity contribution in [2.75, 3.05) is 28.4 Å². The SMILES string of the molecule is COc1ccc(C=Cc2ccccc2-c2ccc(OC)c(OC)c2)cc1OC. The highest BCUT2D eigenvalue weighted by Crippen LogP contribution is 2.34. The molecule has 0 saturated carbocycles. The Morgan fingerprint density at radius 3 is 1.86 bits per heavy atom. The fourth-order valence-corrected chi connectivity index (χ4v) is 3.05. The van der Waals surface area contributed by atoms with E-state index in [1.807, 2.05) is 48.5 Å². The van der Waals surface area contributed by atoms with Crippen molar-refractivity contribution in [1.29, 1.82) is 0 Å². The van der Waals surface area contributed by atoms with E-state index in [-0.39, 0.29) is 0 Å². The van der Waals surface area contributed by atoms with Gasteiger partial charge in [-0.2, -0.15) is 0 Å². The second-order valence-electron chi connectivity index (χ2n) is 6.10. The first-order valence-electron chi connectivity index (χ1n) is 8.91. The molecule has 0 aromatic heterocycles. The molecule has 0 aliphatic heterocycles. The Morgan fingerprint density at radius 2 is 1.18 bits per heavy atom. The van der Waals surface area contributed by atoms with Crippen molar-refractivity contribution in [3.8, 4) is 34.1 Å². The zero-order valence-corrected chi connectivity index (χ0v) is 16.6. The minimum Gasteiger partial charge on any atom is -0.493 e. The molecule has 0 fully saturated rings. The summed E-state index contributed by atoms with van der Waals surface area (Å²) in [5.74, 6) is 2.84. The largest absolute Gasteiger partial charge is 0.493 e. The van der Waals surface area contributed by atoms with Gasteiger partial charge in [0.2, 0.25) is 0 Å². The molecule has 0 saturated heterocycles. The first-order valence-corrected chi connectivity index (χ1v) is 8.91. The van der Waals surface area contributed by atoms with Gasteiger partial charge in [-0.3, -0.25) is 0 Å². The van der Waals surface area contributed by atoms with E-state index >= 15 is 0 Å². The number of benzene rings is 3. The number of ether oxygens (including phenoxy) is 4. The van der Waals surface area contributed by atoms with Gasteiger partial charge in [0.15, 0.2) is 23.0 Å². The molecule has 3 aromatic carbocycles. The number of methoxy groups -OCH3 is 4. The average molecular weight is 376 g/mol. The molecule has 0 aliphatic carbocycles. The molecule has 3 aromatic rings. The van der Waals surface area contributed by atoms with E-state index in [2.05, 4.69) is 24.3 Å². The zero-order chi connectivity index (χ0) is 19.9. The van der Waals surface area contributed by atoms with Crippen LogP contribution in [-0.4, -0.2) is 28.4 Å². The molecule has 0 amide bonds. The Balaban J connectivity index is 1.96. The highest BCUT2D eigenvalue weighted by molar-refractivity contribution is 5.82. The number of hydrogen-bond acceptors (Lipinski definition) is 4. The van der Waals surface area contributed by atoms with Crippen LogP contribution >= 0.6 is 0 Å². The van der Waals surface area contributed by atoms with Gasteiger partial charge in [-0.05, 0) is 46.5 Å². The Hall–Kier alpha value is -3.40.